The van der Waals surface area contributed by atoms with E-state index in [2.05, 4.69) is 5.32 Å². The molecule has 0 aliphatic carbocycles. The van der Waals surface area contributed by atoms with E-state index in [-0.39, 0.29) is 30.5 Å². The highest BCUT2D eigenvalue weighted by Gasteiger charge is 2.36. The highest BCUT2D eigenvalue weighted by Crippen LogP contribution is 2.36. The molecule has 3 rings (SSSR count). The number of benzene rings is 2. The minimum absolute atomic E-state index is 0.0809. The summed E-state index contributed by atoms with van der Waals surface area (Å²) in [4.78, 5) is 26.6. The first kappa shape index (κ1) is 18.6. The summed E-state index contributed by atoms with van der Waals surface area (Å²) in [5, 5.41) is 12.4. The molecule has 1 fully saturated rings. The maximum atomic E-state index is 12.6. The summed E-state index contributed by atoms with van der Waals surface area (Å²) in [5.74, 6) is 0.307. The number of hydrogen-bond acceptors (Lipinski definition) is 5. The number of rotatable bonds is 5. The first-order valence-corrected chi connectivity index (χ1v) is 8.55. The van der Waals surface area contributed by atoms with Gasteiger partial charge in [0, 0.05) is 30.8 Å². The SMILES string of the molecule is COc1ccc(N2CC(C(=O)Nc3cc(C)cc(O)c3)CC2=O)c(OC)c1. The lowest BCUT2D eigenvalue weighted by atomic mass is 10.1. The predicted molar refractivity (Wildman–Crippen MR) is 101 cm³/mol. The van der Waals surface area contributed by atoms with Crippen LogP contribution in [-0.4, -0.2) is 37.7 Å². The Hall–Kier alpha value is -3.22. The number of methoxy groups -OCH3 is 2. The summed E-state index contributed by atoms with van der Waals surface area (Å²) < 4.78 is 10.5. The fraction of sp³-hybridized carbons (Fsp3) is 0.300. The van der Waals surface area contributed by atoms with Gasteiger partial charge in [-0.15, -0.1) is 0 Å². The first-order valence-electron chi connectivity index (χ1n) is 8.55. The summed E-state index contributed by atoms with van der Waals surface area (Å²) >= 11 is 0. The van der Waals surface area contributed by atoms with E-state index in [1.165, 1.54) is 13.2 Å². The van der Waals surface area contributed by atoms with Crippen LogP contribution in [0.3, 0.4) is 0 Å². The zero-order valence-electron chi connectivity index (χ0n) is 15.5. The maximum absolute atomic E-state index is 12.6. The molecule has 1 heterocycles. The Kier molecular flexibility index (Phi) is 5.21. The lowest BCUT2D eigenvalue weighted by Gasteiger charge is -2.20. The molecule has 2 aromatic carbocycles. The molecule has 0 bridgehead atoms. The van der Waals surface area contributed by atoms with Crippen LogP contribution in [0.2, 0.25) is 0 Å². The number of aromatic hydroxyl groups is 1. The molecule has 142 valence electrons. The number of ether oxygens (including phenoxy) is 2. The van der Waals surface area contributed by atoms with Crippen LogP contribution in [0.15, 0.2) is 36.4 Å². The molecular formula is C20H22N2O5. The van der Waals surface area contributed by atoms with Gasteiger partial charge >= 0.3 is 0 Å². The summed E-state index contributed by atoms with van der Waals surface area (Å²) in [7, 11) is 3.08. The number of phenolic OH excluding ortho intramolecular Hbond substituents is 1. The Labute approximate surface area is 157 Å². The van der Waals surface area contributed by atoms with E-state index in [9.17, 15) is 14.7 Å². The fourth-order valence-electron chi connectivity index (χ4n) is 3.20. The van der Waals surface area contributed by atoms with Gasteiger partial charge in [-0.2, -0.15) is 0 Å². The molecule has 1 aliphatic rings. The van der Waals surface area contributed by atoms with E-state index in [0.29, 0.717) is 22.9 Å². The molecule has 7 heteroatoms. The van der Waals surface area contributed by atoms with Crippen LogP contribution in [0.1, 0.15) is 12.0 Å². The largest absolute Gasteiger partial charge is 0.508 e. The number of nitrogens with zero attached hydrogens (tertiary/aromatic N) is 1. The molecule has 2 N–H and O–H groups in total. The average molecular weight is 370 g/mol. The number of aryl methyl sites for hydroxylation is 1. The molecule has 27 heavy (non-hydrogen) atoms. The molecule has 2 aromatic rings. The van der Waals surface area contributed by atoms with E-state index in [1.54, 1.807) is 42.3 Å². The van der Waals surface area contributed by atoms with Gasteiger partial charge in [-0.25, -0.2) is 0 Å². The number of carbonyl (C=O) groups is 2. The summed E-state index contributed by atoms with van der Waals surface area (Å²) in [5.41, 5.74) is 1.94. The van der Waals surface area contributed by atoms with Gasteiger partial charge in [0.15, 0.2) is 0 Å². The van der Waals surface area contributed by atoms with Crippen molar-refractivity contribution in [2.45, 2.75) is 13.3 Å². The molecule has 1 saturated heterocycles. The Morgan fingerprint density at radius 3 is 2.63 bits per heavy atom. The quantitative estimate of drug-likeness (QED) is 0.845. The number of carbonyl (C=O) groups excluding carboxylic acids is 2. The monoisotopic (exact) mass is 370 g/mol. The number of phenols is 1. The first-order chi connectivity index (χ1) is 12.9. The zero-order chi connectivity index (χ0) is 19.6. The summed E-state index contributed by atoms with van der Waals surface area (Å²) in [6, 6.07) is 10.0. The Balaban J connectivity index is 1.76. The summed E-state index contributed by atoms with van der Waals surface area (Å²) in [6.07, 6.45) is 0.110. The van der Waals surface area contributed by atoms with Crippen molar-refractivity contribution in [2.24, 2.45) is 5.92 Å². The van der Waals surface area contributed by atoms with Crippen LogP contribution >= 0.6 is 0 Å². The van der Waals surface area contributed by atoms with Gasteiger partial charge in [0.05, 0.1) is 25.8 Å². The second-order valence-electron chi connectivity index (χ2n) is 6.49. The second kappa shape index (κ2) is 7.57. The van der Waals surface area contributed by atoms with Gasteiger partial charge in [0.2, 0.25) is 11.8 Å². The standard InChI is InChI=1S/C20H22N2O5/c1-12-6-14(9-15(23)7-12)21-20(25)13-8-19(24)22(11-13)17-5-4-16(26-2)10-18(17)27-3/h4-7,9-10,13,23H,8,11H2,1-3H3,(H,21,25). The Bertz CT molecular complexity index is 860. The highest BCUT2D eigenvalue weighted by molar-refractivity contribution is 6.04. The summed E-state index contributed by atoms with van der Waals surface area (Å²) in [6.45, 7) is 2.08. The van der Waals surface area contributed by atoms with Crippen LogP contribution in [-0.2, 0) is 9.59 Å². The number of anilines is 2. The van der Waals surface area contributed by atoms with Crippen molar-refractivity contribution in [3.8, 4) is 17.2 Å². The molecule has 1 unspecified atom stereocenters. The highest BCUT2D eigenvalue weighted by atomic mass is 16.5. The van der Waals surface area contributed by atoms with Gasteiger partial charge in [-0.05, 0) is 36.8 Å². The molecule has 7 nitrogen and oxygen atoms in total. The van der Waals surface area contributed by atoms with Gasteiger partial charge in [-0.3, -0.25) is 9.59 Å². The smallest absolute Gasteiger partial charge is 0.229 e. The van der Waals surface area contributed by atoms with Crippen molar-refractivity contribution in [1.82, 2.24) is 0 Å². The molecule has 1 aliphatic heterocycles. The fourth-order valence-corrected chi connectivity index (χ4v) is 3.20. The van der Waals surface area contributed by atoms with Crippen molar-refractivity contribution in [1.29, 1.82) is 0 Å². The van der Waals surface area contributed by atoms with Crippen molar-refractivity contribution >= 4 is 23.2 Å². The van der Waals surface area contributed by atoms with Crippen LogP contribution < -0.4 is 19.7 Å². The van der Waals surface area contributed by atoms with Crippen molar-refractivity contribution < 1.29 is 24.2 Å². The van der Waals surface area contributed by atoms with E-state index >= 15 is 0 Å². The van der Waals surface area contributed by atoms with Crippen molar-refractivity contribution in [3.05, 3.63) is 42.0 Å². The third-order valence-corrected chi connectivity index (χ3v) is 4.50. The van der Waals surface area contributed by atoms with E-state index in [4.69, 9.17) is 9.47 Å². The maximum Gasteiger partial charge on any atom is 0.229 e. The molecule has 0 saturated carbocycles. The van der Waals surface area contributed by atoms with Gasteiger partial charge in [0.25, 0.3) is 0 Å². The third-order valence-electron chi connectivity index (χ3n) is 4.50. The molecular weight excluding hydrogens is 348 g/mol. The number of nitrogens with one attached hydrogen (secondary N) is 1. The molecule has 0 aromatic heterocycles. The van der Waals surface area contributed by atoms with Crippen LogP contribution in [0, 0.1) is 12.8 Å². The van der Waals surface area contributed by atoms with E-state index < -0.39 is 5.92 Å². The Morgan fingerprint density at radius 2 is 1.96 bits per heavy atom. The van der Waals surface area contributed by atoms with E-state index in [0.717, 1.165) is 5.56 Å². The minimum atomic E-state index is -0.494. The number of amides is 2. The van der Waals surface area contributed by atoms with Gasteiger partial charge < -0.3 is 24.8 Å². The van der Waals surface area contributed by atoms with Crippen molar-refractivity contribution in [2.75, 3.05) is 31.0 Å². The van der Waals surface area contributed by atoms with Crippen LogP contribution in [0.25, 0.3) is 0 Å². The van der Waals surface area contributed by atoms with Gasteiger partial charge in [-0.1, -0.05) is 0 Å². The van der Waals surface area contributed by atoms with E-state index in [1.807, 2.05) is 6.92 Å². The molecule has 2 amide bonds. The van der Waals surface area contributed by atoms with Crippen LogP contribution in [0.4, 0.5) is 11.4 Å². The number of hydrogen-bond donors (Lipinski definition) is 2. The predicted octanol–water partition coefficient (Wildman–Crippen LogP) is 2.71. The Morgan fingerprint density at radius 1 is 1.19 bits per heavy atom. The normalized spacial score (nSPS) is 16.3. The molecule has 0 radical (unpaired) electrons. The van der Waals surface area contributed by atoms with Crippen LogP contribution in [0.5, 0.6) is 17.2 Å². The lowest BCUT2D eigenvalue weighted by molar-refractivity contribution is -0.122. The van der Waals surface area contributed by atoms with Gasteiger partial charge in [0.1, 0.15) is 17.2 Å². The van der Waals surface area contributed by atoms with Crippen molar-refractivity contribution in [3.63, 3.8) is 0 Å². The molecule has 0 spiro atoms. The minimum Gasteiger partial charge on any atom is -0.508 e. The average Bonchev–Trinajstić information content (AvgIpc) is 3.02. The molecule has 1 atom stereocenters. The zero-order valence-corrected chi connectivity index (χ0v) is 15.5. The topological polar surface area (TPSA) is 88.1 Å². The lowest BCUT2D eigenvalue weighted by Crippen LogP contribution is -2.28. The third kappa shape index (κ3) is 3.97. The second-order valence-corrected chi connectivity index (χ2v) is 6.49.